The molecule has 0 aromatic carbocycles. The van der Waals surface area contributed by atoms with Crippen LogP contribution in [0.15, 0.2) is 22.7 Å². The van der Waals surface area contributed by atoms with Crippen LogP contribution in [0.4, 0.5) is 6.01 Å². The van der Waals surface area contributed by atoms with E-state index in [1.54, 1.807) is 21.5 Å². The van der Waals surface area contributed by atoms with Crippen LogP contribution in [0.25, 0.3) is 11.6 Å². The minimum Gasteiger partial charge on any atom is -0.401 e. The Morgan fingerprint density at radius 1 is 1.33 bits per heavy atom. The number of anilines is 1. The lowest BCUT2D eigenvalue weighted by Crippen LogP contribution is -2.13. The summed E-state index contributed by atoms with van der Waals surface area (Å²) in [6.45, 7) is 8.59. The van der Waals surface area contributed by atoms with Crippen LogP contribution in [-0.2, 0) is 6.54 Å². The van der Waals surface area contributed by atoms with Crippen LogP contribution < -0.4 is 5.32 Å². The summed E-state index contributed by atoms with van der Waals surface area (Å²) in [6, 6.07) is 3.74. The number of carbonyl (C=O) groups excluding carboxylic acids is 1. The molecule has 24 heavy (non-hydrogen) atoms. The van der Waals surface area contributed by atoms with E-state index in [4.69, 9.17) is 4.42 Å². The van der Waals surface area contributed by atoms with Gasteiger partial charge in [-0.1, -0.05) is 5.10 Å². The van der Waals surface area contributed by atoms with Crippen molar-refractivity contribution in [3.05, 3.63) is 29.7 Å². The van der Waals surface area contributed by atoms with E-state index in [1.165, 1.54) is 0 Å². The minimum atomic E-state index is -0.395. The molecule has 3 aromatic heterocycles. The SMILES string of the molecule is CCn1nc(C(=O)Nc2nnc(-c3ccn(C(C)C)n3)o2)cc1C. The van der Waals surface area contributed by atoms with E-state index in [0.29, 0.717) is 17.9 Å². The second-order valence-electron chi connectivity index (χ2n) is 5.63. The molecule has 0 saturated heterocycles. The Morgan fingerprint density at radius 3 is 2.75 bits per heavy atom. The van der Waals surface area contributed by atoms with Crippen LogP contribution in [-0.4, -0.2) is 35.7 Å². The van der Waals surface area contributed by atoms with E-state index >= 15 is 0 Å². The maximum Gasteiger partial charge on any atom is 0.322 e. The third-order valence-corrected chi connectivity index (χ3v) is 3.52. The van der Waals surface area contributed by atoms with Crippen molar-refractivity contribution in [3.8, 4) is 11.6 Å². The molecule has 0 radical (unpaired) electrons. The summed E-state index contributed by atoms with van der Waals surface area (Å²) in [5.41, 5.74) is 1.77. The molecule has 3 rings (SSSR count). The van der Waals surface area contributed by atoms with E-state index < -0.39 is 5.91 Å². The Hall–Kier alpha value is -2.97. The average molecular weight is 329 g/mol. The molecule has 9 heteroatoms. The molecule has 1 N–H and O–H groups in total. The van der Waals surface area contributed by atoms with Gasteiger partial charge in [0.1, 0.15) is 5.69 Å². The maximum atomic E-state index is 12.2. The van der Waals surface area contributed by atoms with Crippen molar-refractivity contribution in [1.29, 1.82) is 0 Å². The lowest BCUT2D eigenvalue weighted by atomic mass is 10.3. The fourth-order valence-corrected chi connectivity index (χ4v) is 2.22. The van der Waals surface area contributed by atoms with Crippen LogP contribution >= 0.6 is 0 Å². The summed E-state index contributed by atoms with van der Waals surface area (Å²) in [5.74, 6) is -0.145. The van der Waals surface area contributed by atoms with Crippen molar-refractivity contribution < 1.29 is 9.21 Å². The summed E-state index contributed by atoms with van der Waals surface area (Å²) in [7, 11) is 0. The van der Waals surface area contributed by atoms with Gasteiger partial charge in [0.25, 0.3) is 11.8 Å². The molecule has 0 bridgehead atoms. The number of aromatic nitrogens is 6. The van der Waals surface area contributed by atoms with Crippen LogP contribution in [0, 0.1) is 6.92 Å². The third kappa shape index (κ3) is 3.05. The molecule has 1 amide bonds. The lowest BCUT2D eigenvalue weighted by molar-refractivity contribution is 0.101. The molecule has 3 heterocycles. The molecule has 0 saturated carbocycles. The molecular formula is C15H19N7O2. The molecule has 0 aliphatic rings. The fraction of sp³-hybridized carbons (Fsp3) is 0.400. The molecule has 0 unspecified atom stereocenters. The Morgan fingerprint density at radius 2 is 2.12 bits per heavy atom. The number of carbonyl (C=O) groups is 1. The smallest absolute Gasteiger partial charge is 0.322 e. The van der Waals surface area contributed by atoms with Gasteiger partial charge in [-0.3, -0.25) is 19.5 Å². The van der Waals surface area contributed by atoms with Gasteiger partial charge in [-0.05, 0) is 39.8 Å². The van der Waals surface area contributed by atoms with Gasteiger partial charge < -0.3 is 4.42 Å². The first-order valence-corrected chi connectivity index (χ1v) is 7.72. The number of aryl methyl sites for hydroxylation is 2. The van der Waals surface area contributed by atoms with Crippen LogP contribution in [0.3, 0.4) is 0 Å². The van der Waals surface area contributed by atoms with Gasteiger partial charge in [-0.15, -0.1) is 5.10 Å². The highest BCUT2D eigenvalue weighted by Crippen LogP contribution is 2.19. The van der Waals surface area contributed by atoms with Gasteiger partial charge in [0.2, 0.25) is 0 Å². The Balaban J connectivity index is 1.74. The van der Waals surface area contributed by atoms with Gasteiger partial charge in [0, 0.05) is 24.5 Å². The number of hydrogen-bond donors (Lipinski definition) is 1. The van der Waals surface area contributed by atoms with Gasteiger partial charge in [0.05, 0.1) is 0 Å². The fourth-order valence-electron chi connectivity index (χ4n) is 2.22. The van der Waals surface area contributed by atoms with Crippen molar-refractivity contribution in [2.24, 2.45) is 0 Å². The highest BCUT2D eigenvalue weighted by molar-refractivity contribution is 6.01. The average Bonchev–Trinajstić information content (AvgIpc) is 3.25. The van der Waals surface area contributed by atoms with Crippen molar-refractivity contribution in [2.45, 2.75) is 40.3 Å². The second-order valence-corrected chi connectivity index (χ2v) is 5.63. The Bertz CT molecular complexity index is 859. The number of rotatable bonds is 5. The van der Waals surface area contributed by atoms with Crippen LogP contribution in [0.5, 0.6) is 0 Å². The van der Waals surface area contributed by atoms with Crippen LogP contribution in [0.2, 0.25) is 0 Å². The molecular weight excluding hydrogens is 310 g/mol. The zero-order valence-corrected chi connectivity index (χ0v) is 14.0. The second kappa shape index (κ2) is 6.26. The standard InChI is InChI=1S/C15H19N7O2/c1-5-21-10(4)8-12(20-21)13(23)16-15-18-17-14(24-15)11-6-7-22(19-11)9(2)3/h6-9H,5H2,1-4H3,(H,16,18,23). The van der Waals surface area contributed by atoms with Crippen LogP contribution in [0.1, 0.15) is 43.0 Å². The first-order valence-electron chi connectivity index (χ1n) is 7.72. The van der Waals surface area contributed by atoms with Gasteiger partial charge in [0.15, 0.2) is 5.69 Å². The molecule has 3 aromatic rings. The highest BCUT2D eigenvalue weighted by Gasteiger charge is 2.17. The van der Waals surface area contributed by atoms with Gasteiger partial charge >= 0.3 is 6.01 Å². The Labute approximate surface area is 138 Å². The maximum absolute atomic E-state index is 12.2. The third-order valence-electron chi connectivity index (χ3n) is 3.52. The molecule has 0 fully saturated rings. The van der Waals surface area contributed by atoms with E-state index in [-0.39, 0.29) is 17.9 Å². The van der Waals surface area contributed by atoms with Crippen molar-refractivity contribution in [3.63, 3.8) is 0 Å². The van der Waals surface area contributed by atoms with E-state index in [9.17, 15) is 4.79 Å². The quantitative estimate of drug-likeness (QED) is 0.770. The highest BCUT2D eigenvalue weighted by atomic mass is 16.4. The Kier molecular flexibility index (Phi) is 4.15. The molecule has 9 nitrogen and oxygen atoms in total. The summed E-state index contributed by atoms with van der Waals surface area (Å²) >= 11 is 0. The normalized spacial score (nSPS) is 11.2. The number of nitrogens with one attached hydrogen (secondary N) is 1. The number of hydrogen-bond acceptors (Lipinski definition) is 6. The zero-order valence-electron chi connectivity index (χ0n) is 14.0. The largest absolute Gasteiger partial charge is 0.401 e. The molecule has 0 aliphatic heterocycles. The predicted octanol–water partition coefficient (Wildman–Crippen LogP) is 2.29. The molecule has 0 aliphatic carbocycles. The molecule has 126 valence electrons. The topological polar surface area (TPSA) is 104 Å². The molecule has 0 spiro atoms. The van der Waals surface area contributed by atoms with Gasteiger partial charge in [-0.2, -0.15) is 10.2 Å². The minimum absolute atomic E-state index is 0.0119. The van der Waals surface area contributed by atoms with E-state index in [0.717, 1.165) is 5.69 Å². The summed E-state index contributed by atoms with van der Waals surface area (Å²) in [4.78, 5) is 12.2. The van der Waals surface area contributed by atoms with E-state index in [1.807, 2.05) is 33.9 Å². The first-order chi connectivity index (χ1) is 11.5. The molecule has 0 atom stereocenters. The van der Waals surface area contributed by atoms with Crippen molar-refractivity contribution in [2.75, 3.05) is 5.32 Å². The zero-order chi connectivity index (χ0) is 17.3. The summed E-state index contributed by atoms with van der Waals surface area (Å²) < 4.78 is 8.99. The van der Waals surface area contributed by atoms with Crippen molar-refractivity contribution >= 4 is 11.9 Å². The number of amides is 1. The number of nitrogens with zero attached hydrogens (tertiary/aromatic N) is 6. The lowest BCUT2D eigenvalue weighted by Gasteiger charge is -2.02. The summed E-state index contributed by atoms with van der Waals surface area (Å²) in [6.07, 6.45) is 1.84. The van der Waals surface area contributed by atoms with Crippen molar-refractivity contribution in [1.82, 2.24) is 29.8 Å². The van der Waals surface area contributed by atoms with Gasteiger partial charge in [-0.25, -0.2) is 0 Å². The monoisotopic (exact) mass is 329 g/mol. The van der Waals surface area contributed by atoms with E-state index in [2.05, 4.69) is 25.7 Å². The predicted molar refractivity (Wildman–Crippen MR) is 86.5 cm³/mol. The first kappa shape index (κ1) is 15.9. The summed E-state index contributed by atoms with van der Waals surface area (Å²) in [5, 5.41) is 18.9.